The topological polar surface area (TPSA) is 55.8 Å². The third kappa shape index (κ3) is 2.86. The van der Waals surface area contributed by atoms with Gasteiger partial charge >= 0.3 is 0 Å². The maximum atomic E-state index is 11.8. The molecule has 0 spiro atoms. The summed E-state index contributed by atoms with van der Waals surface area (Å²) >= 11 is 0. The van der Waals surface area contributed by atoms with E-state index < -0.39 is 6.10 Å². The van der Waals surface area contributed by atoms with Crippen molar-refractivity contribution in [1.29, 1.82) is 0 Å². The molecule has 1 aromatic carbocycles. The highest BCUT2D eigenvalue weighted by Gasteiger charge is 2.31. The third-order valence-electron chi connectivity index (χ3n) is 3.05. The van der Waals surface area contributed by atoms with Gasteiger partial charge in [0.1, 0.15) is 6.29 Å². The standard InChI is InChI=1S/C14H17NO4/c1-3-18-13-8-10(9-16)4-5-11(13)19-12-6-7-15(2)14(12)17/h4-5,8-9,12H,3,6-7H2,1-2H3. The maximum absolute atomic E-state index is 11.8. The van der Waals surface area contributed by atoms with Crippen LogP contribution in [0, 0.1) is 0 Å². The van der Waals surface area contributed by atoms with Gasteiger partial charge in [-0.25, -0.2) is 0 Å². The van der Waals surface area contributed by atoms with Gasteiger partial charge in [-0.05, 0) is 25.1 Å². The lowest BCUT2D eigenvalue weighted by Crippen LogP contribution is -2.29. The highest BCUT2D eigenvalue weighted by atomic mass is 16.5. The molecule has 1 aliphatic heterocycles. The Labute approximate surface area is 112 Å². The summed E-state index contributed by atoms with van der Waals surface area (Å²) in [6.45, 7) is 3.02. The van der Waals surface area contributed by atoms with E-state index in [9.17, 15) is 9.59 Å². The van der Waals surface area contributed by atoms with Crippen molar-refractivity contribution in [2.45, 2.75) is 19.4 Å². The predicted molar refractivity (Wildman–Crippen MR) is 69.7 cm³/mol. The second kappa shape index (κ2) is 5.73. The van der Waals surface area contributed by atoms with Crippen LogP contribution in [0.5, 0.6) is 11.5 Å². The van der Waals surface area contributed by atoms with Crippen LogP contribution in [0.15, 0.2) is 18.2 Å². The summed E-state index contributed by atoms with van der Waals surface area (Å²) in [4.78, 5) is 24.2. The van der Waals surface area contributed by atoms with Crippen LogP contribution in [-0.2, 0) is 4.79 Å². The van der Waals surface area contributed by atoms with Gasteiger partial charge < -0.3 is 14.4 Å². The lowest BCUT2D eigenvalue weighted by Gasteiger charge is -2.16. The van der Waals surface area contributed by atoms with Crippen molar-refractivity contribution in [1.82, 2.24) is 4.90 Å². The van der Waals surface area contributed by atoms with Crippen LogP contribution in [0.2, 0.25) is 0 Å². The summed E-state index contributed by atoms with van der Waals surface area (Å²) in [5.41, 5.74) is 0.519. The first-order valence-electron chi connectivity index (χ1n) is 6.29. The van der Waals surface area contributed by atoms with Crippen LogP contribution in [0.3, 0.4) is 0 Å². The molecule has 0 radical (unpaired) electrons. The van der Waals surface area contributed by atoms with Crippen molar-refractivity contribution in [3.8, 4) is 11.5 Å². The van der Waals surface area contributed by atoms with Gasteiger partial charge in [-0.1, -0.05) is 0 Å². The van der Waals surface area contributed by atoms with E-state index in [0.29, 0.717) is 36.6 Å². The number of amides is 1. The molecule has 1 unspecified atom stereocenters. The molecule has 1 aliphatic rings. The molecule has 1 heterocycles. The predicted octanol–water partition coefficient (Wildman–Crippen LogP) is 1.51. The van der Waals surface area contributed by atoms with E-state index in [1.54, 1.807) is 30.1 Å². The van der Waals surface area contributed by atoms with Crippen LogP contribution < -0.4 is 9.47 Å². The summed E-state index contributed by atoms with van der Waals surface area (Å²) in [5.74, 6) is 0.970. The molecule has 1 saturated heterocycles. The fourth-order valence-electron chi connectivity index (χ4n) is 2.02. The lowest BCUT2D eigenvalue weighted by atomic mass is 10.2. The lowest BCUT2D eigenvalue weighted by molar-refractivity contribution is -0.132. The molecule has 1 amide bonds. The van der Waals surface area contributed by atoms with Gasteiger partial charge in [0.25, 0.3) is 5.91 Å². The van der Waals surface area contributed by atoms with Crippen molar-refractivity contribution in [3.63, 3.8) is 0 Å². The van der Waals surface area contributed by atoms with Crippen molar-refractivity contribution in [2.24, 2.45) is 0 Å². The fraction of sp³-hybridized carbons (Fsp3) is 0.429. The van der Waals surface area contributed by atoms with E-state index in [2.05, 4.69) is 0 Å². The van der Waals surface area contributed by atoms with Crippen LogP contribution in [0.25, 0.3) is 0 Å². The molecule has 2 rings (SSSR count). The average Bonchev–Trinajstić information content (AvgIpc) is 2.73. The fourth-order valence-corrected chi connectivity index (χ4v) is 2.02. The number of likely N-dealkylation sites (N-methyl/N-ethyl adjacent to an activating group) is 1. The van der Waals surface area contributed by atoms with E-state index >= 15 is 0 Å². The molecule has 0 bridgehead atoms. The first-order chi connectivity index (χ1) is 9.15. The normalized spacial score (nSPS) is 18.5. The number of ether oxygens (including phenoxy) is 2. The monoisotopic (exact) mass is 263 g/mol. The highest BCUT2D eigenvalue weighted by Crippen LogP contribution is 2.30. The minimum atomic E-state index is -0.466. The number of rotatable bonds is 5. The zero-order valence-corrected chi connectivity index (χ0v) is 11.1. The van der Waals surface area contributed by atoms with Gasteiger partial charge in [0, 0.05) is 25.6 Å². The Hall–Kier alpha value is -2.04. The second-order valence-electron chi connectivity index (χ2n) is 4.41. The van der Waals surface area contributed by atoms with Crippen molar-refractivity contribution in [2.75, 3.05) is 20.2 Å². The first kappa shape index (κ1) is 13.4. The molecule has 1 atom stereocenters. The van der Waals surface area contributed by atoms with E-state index in [1.807, 2.05) is 6.92 Å². The van der Waals surface area contributed by atoms with Crippen molar-refractivity contribution >= 4 is 12.2 Å². The zero-order valence-electron chi connectivity index (χ0n) is 11.1. The third-order valence-corrected chi connectivity index (χ3v) is 3.05. The number of aldehydes is 1. The SMILES string of the molecule is CCOc1cc(C=O)ccc1OC1CCN(C)C1=O. The number of nitrogens with zero attached hydrogens (tertiary/aromatic N) is 1. The Morgan fingerprint density at radius 2 is 2.21 bits per heavy atom. The largest absolute Gasteiger partial charge is 0.490 e. The van der Waals surface area contributed by atoms with Crippen LogP contribution in [0.4, 0.5) is 0 Å². The van der Waals surface area contributed by atoms with Crippen molar-refractivity contribution < 1.29 is 19.1 Å². The minimum absolute atomic E-state index is 0.0260. The smallest absolute Gasteiger partial charge is 0.263 e. The number of benzene rings is 1. The summed E-state index contributed by atoms with van der Waals surface area (Å²) in [6, 6.07) is 4.93. The van der Waals surface area contributed by atoms with E-state index in [0.717, 1.165) is 6.29 Å². The highest BCUT2D eigenvalue weighted by molar-refractivity contribution is 5.83. The Morgan fingerprint density at radius 1 is 1.42 bits per heavy atom. The number of likely N-dealkylation sites (tertiary alicyclic amines) is 1. The molecule has 5 nitrogen and oxygen atoms in total. The Balaban J connectivity index is 2.19. The molecule has 1 aromatic rings. The number of carbonyl (C=O) groups excluding carboxylic acids is 2. The van der Waals surface area contributed by atoms with Gasteiger partial charge in [0.05, 0.1) is 6.61 Å². The van der Waals surface area contributed by atoms with Crippen molar-refractivity contribution in [3.05, 3.63) is 23.8 Å². The average molecular weight is 263 g/mol. The van der Waals surface area contributed by atoms with E-state index in [1.165, 1.54) is 0 Å². The molecular formula is C14H17NO4. The molecule has 0 aliphatic carbocycles. The maximum Gasteiger partial charge on any atom is 0.263 e. The van der Waals surface area contributed by atoms with Gasteiger partial charge in [0.15, 0.2) is 17.6 Å². The number of hydrogen-bond acceptors (Lipinski definition) is 4. The summed E-state index contributed by atoms with van der Waals surface area (Å²) < 4.78 is 11.2. The summed E-state index contributed by atoms with van der Waals surface area (Å²) in [6.07, 6.45) is 0.947. The van der Waals surface area contributed by atoms with Crippen LogP contribution in [0.1, 0.15) is 23.7 Å². The molecule has 1 fully saturated rings. The summed E-state index contributed by atoms with van der Waals surface area (Å²) in [7, 11) is 1.75. The quantitative estimate of drug-likeness (QED) is 0.756. The van der Waals surface area contributed by atoms with Gasteiger partial charge in [0.2, 0.25) is 0 Å². The first-order valence-corrected chi connectivity index (χ1v) is 6.29. The second-order valence-corrected chi connectivity index (χ2v) is 4.41. The summed E-state index contributed by atoms with van der Waals surface area (Å²) in [5, 5.41) is 0. The Morgan fingerprint density at radius 3 is 2.79 bits per heavy atom. The molecule has 0 saturated carbocycles. The van der Waals surface area contributed by atoms with Crippen LogP contribution in [-0.4, -0.2) is 43.4 Å². The molecule has 19 heavy (non-hydrogen) atoms. The minimum Gasteiger partial charge on any atom is -0.490 e. The molecule has 0 aromatic heterocycles. The van der Waals surface area contributed by atoms with E-state index in [4.69, 9.17) is 9.47 Å². The Kier molecular flexibility index (Phi) is 4.04. The molecule has 102 valence electrons. The van der Waals surface area contributed by atoms with E-state index in [-0.39, 0.29) is 5.91 Å². The van der Waals surface area contributed by atoms with Gasteiger partial charge in [-0.15, -0.1) is 0 Å². The molecular weight excluding hydrogens is 246 g/mol. The van der Waals surface area contributed by atoms with Gasteiger partial charge in [-0.3, -0.25) is 9.59 Å². The molecule has 0 N–H and O–H groups in total. The number of carbonyl (C=O) groups is 2. The molecule has 5 heteroatoms. The van der Waals surface area contributed by atoms with Crippen LogP contribution >= 0.6 is 0 Å². The van der Waals surface area contributed by atoms with Gasteiger partial charge in [-0.2, -0.15) is 0 Å². The Bertz CT molecular complexity index is 486. The number of hydrogen-bond donors (Lipinski definition) is 0. The zero-order chi connectivity index (χ0) is 13.8.